The molecule has 0 aliphatic rings. The number of imidazole rings is 1. The van der Waals surface area contributed by atoms with Gasteiger partial charge in [-0.2, -0.15) is 18.2 Å². The van der Waals surface area contributed by atoms with Gasteiger partial charge in [-0.25, -0.2) is 17.1 Å². The molecule has 3 aromatic carbocycles. The second kappa shape index (κ2) is 7.76. The van der Waals surface area contributed by atoms with Gasteiger partial charge in [-0.15, -0.1) is 0 Å². The quantitative estimate of drug-likeness (QED) is 0.434. The molecular weight excluding hydrogens is 316 g/mol. The van der Waals surface area contributed by atoms with E-state index in [9.17, 15) is 5.11 Å². The third kappa shape index (κ3) is 3.74. The topological polar surface area (TPSA) is 48.9 Å². The fourth-order valence-electron chi connectivity index (χ4n) is 2.15. The molecule has 0 aliphatic carbocycles. The van der Waals surface area contributed by atoms with Crippen molar-refractivity contribution in [2.45, 2.75) is 6.10 Å². The maximum Gasteiger partial charge on any atom is 0.103 e. The van der Waals surface area contributed by atoms with E-state index in [0.717, 1.165) is 16.6 Å². The van der Waals surface area contributed by atoms with Gasteiger partial charge in [-0.3, -0.25) is 0 Å². The van der Waals surface area contributed by atoms with Crippen LogP contribution in [0, 0.1) is 0 Å². The van der Waals surface area contributed by atoms with Gasteiger partial charge < -0.3 is 39.9 Å². The number of H-pyrrole nitrogens is 1. The zero-order valence-electron chi connectivity index (χ0n) is 11.8. The molecule has 0 aliphatic heterocycles. The molecular formula is C18H16FeN2O-6. The van der Waals surface area contributed by atoms with Crippen molar-refractivity contribution in [3.8, 4) is 0 Å². The maximum atomic E-state index is 10.1. The smallest absolute Gasteiger partial charge is 0.103 e. The van der Waals surface area contributed by atoms with Gasteiger partial charge in [0.1, 0.15) is 5.82 Å². The number of aromatic amines is 1. The predicted octanol–water partition coefficient (Wildman–Crippen LogP) is 3.77. The second-order valence-corrected chi connectivity index (χ2v) is 4.72. The third-order valence-electron chi connectivity index (χ3n) is 3.23. The Balaban J connectivity index is 0.000000253. The minimum absolute atomic E-state index is 0. The van der Waals surface area contributed by atoms with Crippen LogP contribution >= 0.6 is 0 Å². The number of benzene rings is 1. The molecule has 0 saturated heterocycles. The van der Waals surface area contributed by atoms with Crippen LogP contribution in [-0.2, 0) is 17.1 Å². The molecule has 0 radical (unpaired) electrons. The van der Waals surface area contributed by atoms with E-state index in [1.807, 2.05) is 78.9 Å². The van der Waals surface area contributed by atoms with Gasteiger partial charge in [0.05, 0.1) is 11.0 Å². The average Bonchev–Trinajstić information content (AvgIpc) is 3.28. The normalized spacial score (nSPS) is 11.3. The van der Waals surface area contributed by atoms with Gasteiger partial charge in [0.25, 0.3) is 0 Å². The van der Waals surface area contributed by atoms with E-state index in [2.05, 4.69) is 9.97 Å². The second-order valence-electron chi connectivity index (χ2n) is 4.72. The Morgan fingerprint density at radius 1 is 1.05 bits per heavy atom. The van der Waals surface area contributed by atoms with Gasteiger partial charge in [-0.05, 0) is 18.2 Å². The number of aliphatic hydroxyl groups is 1. The molecule has 0 fully saturated rings. The summed E-state index contributed by atoms with van der Waals surface area (Å²) in [7, 11) is 0. The summed E-state index contributed by atoms with van der Waals surface area (Å²) in [5, 5.41) is 10.1. The molecule has 4 heteroatoms. The van der Waals surface area contributed by atoms with E-state index < -0.39 is 6.10 Å². The first-order chi connectivity index (χ1) is 10.3. The summed E-state index contributed by atoms with van der Waals surface area (Å²) in [5.41, 5.74) is 2.69. The largest absolute Gasteiger partial charge is 0.747 e. The Morgan fingerprint density at radius 3 is 2.32 bits per heavy atom. The van der Waals surface area contributed by atoms with Crippen LogP contribution in [-0.4, -0.2) is 15.1 Å². The molecule has 3 nitrogen and oxygen atoms in total. The van der Waals surface area contributed by atoms with Crippen molar-refractivity contribution in [2.24, 2.45) is 0 Å². The van der Waals surface area contributed by atoms with Crippen LogP contribution in [0.25, 0.3) is 11.0 Å². The fraction of sp³-hybridized carbons (Fsp3) is 0.0556. The molecule has 118 valence electrons. The number of nitrogens with one attached hydrogen (secondary N) is 1. The van der Waals surface area contributed by atoms with Crippen LogP contribution in [0.4, 0.5) is 0 Å². The van der Waals surface area contributed by atoms with Gasteiger partial charge in [0.2, 0.25) is 0 Å². The van der Waals surface area contributed by atoms with Crippen molar-refractivity contribution in [1.82, 2.24) is 9.97 Å². The summed E-state index contributed by atoms with van der Waals surface area (Å²) < 4.78 is 0. The number of fused-ring (bicyclic) bond motifs is 1. The number of hydrogen-bond acceptors (Lipinski definition) is 2. The van der Waals surface area contributed by atoms with Crippen molar-refractivity contribution in [2.75, 3.05) is 0 Å². The van der Waals surface area contributed by atoms with Crippen LogP contribution in [0.5, 0.6) is 0 Å². The van der Waals surface area contributed by atoms with Crippen molar-refractivity contribution in [1.29, 1.82) is 0 Å². The Bertz CT molecular complexity index is 722. The first-order valence-electron chi connectivity index (χ1n) is 6.85. The molecule has 1 atom stereocenters. The molecule has 22 heavy (non-hydrogen) atoms. The summed E-state index contributed by atoms with van der Waals surface area (Å²) in [6.45, 7) is 0. The zero-order valence-corrected chi connectivity index (χ0v) is 12.9. The first kappa shape index (κ1) is 16.2. The van der Waals surface area contributed by atoms with E-state index in [-0.39, 0.29) is 17.1 Å². The Kier molecular flexibility index (Phi) is 5.73. The molecule has 0 bridgehead atoms. The molecule has 1 heterocycles. The van der Waals surface area contributed by atoms with Crippen LogP contribution in [0.15, 0.2) is 78.9 Å². The number of para-hydroxylation sites is 2. The Labute approximate surface area is 139 Å². The van der Waals surface area contributed by atoms with Gasteiger partial charge >= 0.3 is 0 Å². The number of hydrogen-bond donors (Lipinski definition) is 2. The van der Waals surface area contributed by atoms with E-state index in [1.54, 1.807) is 0 Å². The van der Waals surface area contributed by atoms with Crippen LogP contribution in [0.2, 0.25) is 0 Å². The van der Waals surface area contributed by atoms with Crippen molar-refractivity contribution in [3.05, 3.63) is 90.3 Å². The molecule has 1 unspecified atom stereocenters. The van der Waals surface area contributed by atoms with Gasteiger partial charge in [0, 0.05) is 17.1 Å². The SMILES string of the molecule is OC(c1nc2ccccc2[nH]1)[c-]1[cH-][cH-][cH-][cH-]1.[Fe].c1cc[cH-]c1. The van der Waals surface area contributed by atoms with E-state index in [0.29, 0.717) is 5.82 Å². The van der Waals surface area contributed by atoms with E-state index in [1.165, 1.54) is 0 Å². The van der Waals surface area contributed by atoms with Crippen LogP contribution < -0.4 is 0 Å². The van der Waals surface area contributed by atoms with Crippen molar-refractivity contribution < 1.29 is 22.2 Å². The number of nitrogens with zero attached hydrogens (tertiary/aromatic N) is 1. The molecule has 4 rings (SSSR count). The fourth-order valence-corrected chi connectivity index (χ4v) is 2.15. The number of rotatable bonds is 2. The summed E-state index contributed by atoms with van der Waals surface area (Å²) in [6, 6.07) is 25.3. The molecule has 4 aromatic rings. The summed E-state index contributed by atoms with van der Waals surface area (Å²) in [5.74, 6) is 0.590. The molecule has 0 saturated carbocycles. The predicted molar refractivity (Wildman–Crippen MR) is 84.2 cm³/mol. The average molecular weight is 332 g/mol. The first-order valence-corrected chi connectivity index (χ1v) is 6.85. The Morgan fingerprint density at radius 2 is 1.73 bits per heavy atom. The van der Waals surface area contributed by atoms with Crippen LogP contribution in [0.1, 0.15) is 17.5 Å². The molecule has 2 N–H and O–H groups in total. The minimum Gasteiger partial charge on any atom is -0.747 e. The van der Waals surface area contributed by atoms with E-state index >= 15 is 0 Å². The minimum atomic E-state index is -0.678. The monoisotopic (exact) mass is 332 g/mol. The van der Waals surface area contributed by atoms with E-state index in [4.69, 9.17) is 0 Å². The Hall–Kier alpha value is -2.13. The maximum absolute atomic E-state index is 10.1. The summed E-state index contributed by atoms with van der Waals surface area (Å²) in [4.78, 5) is 7.49. The standard InChI is InChI=1S/C13H11N2O.C5H5.Fe/c16-12(9-5-1-2-6-9)13-14-10-7-3-4-8-11(10)15-13;1-2-4-5-3-1;/h1-8,12,16H,(H,14,15);1-5H;/q-5;-1;. The summed E-state index contributed by atoms with van der Waals surface area (Å²) >= 11 is 0. The number of aliphatic hydroxyl groups excluding tert-OH is 1. The van der Waals surface area contributed by atoms with Crippen molar-refractivity contribution in [3.63, 3.8) is 0 Å². The van der Waals surface area contributed by atoms with Gasteiger partial charge in [-0.1, -0.05) is 12.1 Å². The van der Waals surface area contributed by atoms with Crippen LogP contribution in [0.3, 0.4) is 0 Å². The molecule has 0 spiro atoms. The number of aromatic nitrogens is 2. The third-order valence-corrected chi connectivity index (χ3v) is 3.23. The molecule has 1 aromatic heterocycles. The van der Waals surface area contributed by atoms with Gasteiger partial charge in [0.15, 0.2) is 0 Å². The molecule has 0 amide bonds. The summed E-state index contributed by atoms with van der Waals surface area (Å²) in [6.07, 6.45) is -0.678. The zero-order chi connectivity index (χ0) is 14.5. The van der Waals surface area contributed by atoms with Crippen molar-refractivity contribution >= 4 is 11.0 Å².